The quantitative estimate of drug-likeness (QED) is 0.325. The predicted octanol–water partition coefficient (Wildman–Crippen LogP) is 3.31. The van der Waals surface area contributed by atoms with E-state index >= 15 is 0 Å². The van der Waals surface area contributed by atoms with Gasteiger partial charge in [-0.25, -0.2) is 4.79 Å². The van der Waals surface area contributed by atoms with E-state index in [9.17, 15) is 19.7 Å². The van der Waals surface area contributed by atoms with Crippen molar-refractivity contribution >= 4 is 28.9 Å². The molecule has 30 heavy (non-hydrogen) atoms. The number of hydrogen-bond donors (Lipinski definition) is 3. The number of esters is 1. The van der Waals surface area contributed by atoms with Crippen molar-refractivity contribution < 1.29 is 24.4 Å². The van der Waals surface area contributed by atoms with Gasteiger partial charge in [-0.1, -0.05) is 32.0 Å². The van der Waals surface area contributed by atoms with E-state index in [2.05, 4.69) is 10.6 Å². The summed E-state index contributed by atoms with van der Waals surface area (Å²) in [7, 11) is 0. The number of ether oxygens (including phenoxy) is 1. The van der Waals surface area contributed by atoms with Crippen LogP contribution in [0, 0.1) is 10.1 Å². The summed E-state index contributed by atoms with van der Waals surface area (Å²) in [6.07, 6.45) is -1.14. The van der Waals surface area contributed by atoms with Crippen LogP contribution in [-0.2, 0) is 9.53 Å². The highest BCUT2D eigenvalue weighted by atomic mass is 16.6. The number of nitrogens with one attached hydrogen (secondary N) is 2. The highest BCUT2D eigenvalue weighted by Gasteiger charge is 2.24. The number of benzene rings is 2. The van der Waals surface area contributed by atoms with E-state index in [1.807, 2.05) is 26.0 Å². The maximum atomic E-state index is 12.6. The number of nitrogens with zero attached hydrogens (tertiary/aromatic N) is 1. The molecule has 1 atom stereocenters. The molecule has 0 aromatic heterocycles. The normalized spacial score (nSPS) is 11.6. The zero-order valence-electron chi connectivity index (χ0n) is 17.0. The van der Waals surface area contributed by atoms with Crippen LogP contribution in [-0.4, -0.2) is 41.2 Å². The first-order valence-corrected chi connectivity index (χ1v) is 9.48. The number of para-hydroxylation sites is 1. The lowest BCUT2D eigenvalue weighted by Crippen LogP contribution is -2.30. The number of hydrogen-bond acceptors (Lipinski definition) is 7. The third-order valence-electron chi connectivity index (χ3n) is 4.35. The number of amides is 1. The maximum absolute atomic E-state index is 12.6. The Morgan fingerprint density at radius 2 is 1.83 bits per heavy atom. The summed E-state index contributed by atoms with van der Waals surface area (Å²) in [6, 6.07) is 11.0. The van der Waals surface area contributed by atoms with Crippen molar-refractivity contribution in [3.05, 3.63) is 63.7 Å². The van der Waals surface area contributed by atoms with Gasteiger partial charge < -0.3 is 20.5 Å². The molecule has 0 aliphatic carbocycles. The van der Waals surface area contributed by atoms with Crippen molar-refractivity contribution in [2.24, 2.45) is 0 Å². The predicted molar refractivity (Wildman–Crippen MR) is 113 cm³/mol. The van der Waals surface area contributed by atoms with Gasteiger partial charge in [0.15, 0.2) is 6.10 Å². The van der Waals surface area contributed by atoms with Crippen LogP contribution in [0.25, 0.3) is 0 Å². The molecule has 3 N–H and O–H groups in total. The van der Waals surface area contributed by atoms with E-state index in [0.29, 0.717) is 5.69 Å². The molecule has 0 bridgehead atoms. The molecule has 160 valence electrons. The van der Waals surface area contributed by atoms with E-state index in [1.54, 1.807) is 12.1 Å². The Kier molecular flexibility index (Phi) is 7.88. The first-order valence-electron chi connectivity index (χ1n) is 9.48. The topological polar surface area (TPSA) is 131 Å². The number of carbonyl (C=O) groups excluding carboxylic acids is 2. The number of aliphatic hydroxyl groups excluding tert-OH is 1. The number of aliphatic hydroxyl groups is 1. The van der Waals surface area contributed by atoms with E-state index in [4.69, 9.17) is 9.84 Å². The Bertz CT molecular complexity index is 929. The first-order chi connectivity index (χ1) is 14.2. The highest BCUT2D eigenvalue weighted by Crippen LogP contribution is 2.25. The molecule has 0 aliphatic heterocycles. The molecule has 0 saturated heterocycles. The van der Waals surface area contributed by atoms with E-state index in [0.717, 1.165) is 11.6 Å². The van der Waals surface area contributed by atoms with Crippen molar-refractivity contribution in [1.82, 2.24) is 0 Å². The molecule has 0 spiro atoms. The van der Waals surface area contributed by atoms with Crippen molar-refractivity contribution in [2.75, 3.05) is 23.8 Å². The minimum absolute atomic E-state index is 0.0973. The summed E-state index contributed by atoms with van der Waals surface area (Å²) in [5.41, 5.74) is 1.44. The average molecular weight is 415 g/mol. The van der Waals surface area contributed by atoms with Crippen molar-refractivity contribution in [3.8, 4) is 0 Å². The van der Waals surface area contributed by atoms with Crippen LogP contribution in [0.3, 0.4) is 0 Å². The van der Waals surface area contributed by atoms with Gasteiger partial charge in [0.2, 0.25) is 0 Å². The lowest BCUT2D eigenvalue weighted by atomic mass is 10.0. The van der Waals surface area contributed by atoms with E-state index in [-0.39, 0.29) is 36.0 Å². The lowest BCUT2D eigenvalue weighted by molar-refractivity contribution is -0.384. The van der Waals surface area contributed by atoms with Crippen LogP contribution in [0.2, 0.25) is 0 Å². The molecule has 0 aliphatic rings. The number of carbonyl (C=O) groups is 2. The summed E-state index contributed by atoms with van der Waals surface area (Å²) in [5, 5.41) is 25.6. The van der Waals surface area contributed by atoms with Crippen LogP contribution in [0.4, 0.5) is 17.1 Å². The summed E-state index contributed by atoms with van der Waals surface area (Å²) < 4.78 is 5.25. The van der Waals surface area contributed by atoms with Gasteiger partial charge in [-0.2, -0.15) is 0 Å². The van der Waals surface area contributed by atoms with Crippen molar-refractivity contribution in [3.63, 3.8) is 0 Å². The number of non-ortho nitro benzene ring substituents is 1. The fraction of sp³-hybridized carbons (Fsp3) is 0.333. The van der Waals surface area contributed by atoms with E-state index < -0.39 is 22.9 Å². The zero-order chi connectivity index (χ0) is 22.3. The monoisotopic (exact) mass is 415 g/mol. The fourth-order valence-corrected chi connectivity index (χ4v) is 2.79. The molecular weight excluding hydrogens is 390 g/mol. The number of anilines is 2. The minimum Gasteiger partial charge on any atom is -0.449 e. The second-order valence-corrected chi connectivity index (χ2v) is 6.92. The minimum atomic E-state index is -1.14. The van der Waals surface area contributed by atoms with Gasteiger partial charge in [-0.15, -0.1) is 0 Å². The zero-order valence-corrected chi connectivity index (χ0v) is 17.0. The Morgan fingerprint density at radius 1 is 1.13 bits per heavy atom. The van der Waals surface area contributed by atoms with Gasteiger partial charge in [-0.05, 0) is 30.5 Å². The molecule has 1 amide bonds. The largest absolute Gasteiger partial charge is 0.449 e. The molecule has 2 aromatic carbocycles. The molecule has 0 heterocycles. The summed E-state index contributed by atoms with van der Waals surface area (Å²) in [6.45, 7) is 5.36. The van der Waals surface area contributed by atoms with Gasteiger partial charge in [0, 0.05) is 30.1 Å². The smallest absolute Gasteiger partial charge is 0.341 e. The Balaban J connectivity index is 2.17. The van der Waals surface area contributed by atoms with E-state index in [1.165, 1.54) is 19.1 Å². The Hall–Kier alpha value is -3.46. The fourth-order valence-electron chi connectivity index (χ4n) is 2.79. The van der Waals surface area contributed by atoms with Gasteiger partial charge in [-0.3, -0.25) is 14.9 Å². The molecule has 2 aromatic rings. The standard InChI is InChI=1S/C21H25N3O6/c1-13(2)16-6-4-5-7-19(16)23-20(26)14(3)30-21(27)17-12-15(24(28)29)8-9-18(17)22-10-11-25/h4-9,12-14,22,25H,10-11H2,1-3H3,(H,23,26)/t14-/m0/s1. The number of rotatable bonds is 9. The summed E-state index contributed by atoms with van der Waals surface area (Å²) in [5.74, 6) is -1.23. The molecule has 0 saturated carbocycles. The molecule has 9 nitrogen and oxygen atoms in total. The van der Waals surface area contributed by atoms with Gasteiger partial charge in [0.05, 0.1) is 17.1 Å². The SMILES string of the molecule is CC(C)c1ccccc1NC(=O)[C@H](C)OC(=O)c1cc([N+](=O)[O-])ccc1NCCO. The van der Waals surface area contributed by atoms with Gasteiger partial charge >= 0.3 is 5.97 Å². The number of nitro groups is 1. The van der Waals surface area contributed by atoms with Gasteiger partial charge in [0.25, 0.3) is 11.6 Å². The van der Waals surface area contributed by atoms with Crippen LogP contribution in [0.1, 0.15) is 42.6 Å². The van der Waals surface area contributed by atoms with Crippen molar-refractivity contribution in [2.45, 2.75) is 32.8 Å². The second kappa shape index (κ2) is 10.4. The molecular formula is C21H25N3O6. The Morgan fingerprint density at radius 3 is 2.47 bits per heavy atom. The van der Waals surface area contributed by atoms with Crippen LogP contribution in [0.15, 0.2) is 42.5 Å². The third-order valence-corrected chi connectivity index (χ3v) is 4.35. The summed E-state index contributed by atoms with van der Waals surface area (Å²) in [4.78, 5) is 35.6. The highest BCUT2D eigenvalue weighted by molar-refractivity contribution is 6.00. The molecule has 9 heteroatoms. The third kappa shape index (κ3) is 5.77. The van der Waals surface area contributed by atoms with Crippen LogP contribution in [0.5, 0.6) is 0 Å². The van der Waals surface area contributed by atoms with Crippen LogP contribution < -0.4 is 10.6 Å². The maximum Gasteiger partial charge on any atom is 0.341 e. The van der Waals surface area contributed by atoms with Gasteiger partial charge in [0.1, 0.15) is 0 Å². The molecule has 0 radical (unpaired) electrons. The number of nitro benzene ring substituents is 1. The molecule has 0 fully saturated rings. The van der Waals surface area contributed by atoms with Crippen molar-refractivity contribution in [1.29, 1.82) is 0 Å². The van der Waals surface area contributed by atoms with Crippen LogP contribution >= 0.6 is 0 Å². The first kappa shape index (κ1) is 22.8. The summed E-state index contributed by atoms with van der Waals surface area (Å²) >= 11 is 0. The molecule has 2 rings (SSSR count). The molecule has 0 unspecified atom stereocenters. The second-order valence-electron chi connectivity index (χ2n) is 6.92. The Labute approximate surface area is 174 Å². The lowest BCUT2D eigenvalue weighted by Gasteiger charge is -2.18. The average Bonchev–Trinajstić information content (AvgIpc) is 2.72.